The highest BCUT2D eigenvalue weighted by Gasteiger charge is 2.15. The van der Waals surface area contributed by atoms with E-state index in [9.17, 15) is 0 Å². The van der Waals surface area contributed by atoms with Gasteiger partial charge in [0.25, 0.3) is 0 Å². The summed E-state index contributed by atoms with van der Waals surface area (Å²) in [6, 6.07) is 42.6. The lowest BCUT2D eigenvalue weighted by atomic mass is 9.86. The Morgan fingerprint density at radius 1 is 0.367 bits per heavy atom. The summed E-state index contributed by atoms with van der Waals surface area (Å²) >= 11 is 0. The molecule has 4 heteroatoms. The van der Waals surface area contributed by atoms with Gasteiger partial charge in [0.1, 0.15) is 0 Å². The zero-order chi connectivity index (χ0) is 21.2. The largest absolute Gasteiger partial charge is 0.631 e. The Hall–Kier alpha value is -3.44. The highest BCUT2D eigenvalue weighted by molar-refractivity contribution is 6.30. The molecular formula is C26H23BO3. The van der Waals surface area contributed by atoms with Crippen molar-refractivity contribution in [3.8, 4) is 0 Å². The molecule has 0 saturated heterocycles. The second-order valence-electron chi connectivity index (χ2n) is 6.56. The van der Waals surface area contributed by atoms with Crippen molar-refractivity contribution in [2.75, 3.05) is 0 Å². The molecule has 30 heavy (non-hydrogen) atoms. The van der Waals surface area contributed by atoms with Crippen molar-refractivity contribution < 1.29 is 15.1 Å². The highest BCUT2D eigenvalue weighted by atomic mass is 16.5. The molecule has 0 spiro atoms. The number of rotatable bonds is 4. The number of hydrogen-bond donors (Lipinski definition) is 3. The molecule has 0 aliphatic heterocycles. The van der Waals surface area contributed by atoms with Crippen LogP contribution >= 0.6 is 0 Å². The van der Waals surface area contributed by atoms with Crippen LogP contribution in [-0.4, -0.2) is 22.4 Å². The van der Waals surface area contributed by atoms with E-state index in [2.05, 4.69) is 121 Å². The maximum atomic E-state index is 7.17. The molecule has 0 atom stereocenters. The molecule has 0 heterocycles. The van der Waals surface area contributed by atoms with Gasteiger partial charge in [0.05, 0.1) is 0 Å². The normalized spacial score (nSPS) is 9.83. The lowest BCUT2D eigenvalue weighted by Crippen LogP contribution is -2.07. The van der Waals surface area contributed by atoms with Crippen LogP contribution in [0.15, 0.2) is 121 Å². The lowest BCUT2D eigenvalue weighted by molar-refractivity contribution is 0.278. The SMILES string of the molecule is OB(O)O.c1ccc(C(=C(c2ccccc2)c2ccccc2)c2ccccc2)cc1. The van der Waals surface area contributed by atoms with E-state index in [4.69, 9.17) is 15.1 Å². The van der Waals surface area contributed by atoms with Crippen molar-refractivity contribution >= 4 is 18.5 Å². The molecule has 4 rings (SSSR count). The van der Waals surface area contributed by atoms with Crippen molar-refractivity contribution in [3.05, 3.63) is 144 Å². The van der Waals surface area contributed by atoms with E-state index < -0.39 is 7.32 Å². The van der Waals surface area contributed by atoms with E-state index in [0.717, 1.165) is 0 Å². The van der Waals surface area contributed by atoms with Crippen LogP contribution in [0.3, 0.4) is 0 Å². The molecule has 148 valence electrons. The average molecular weight is 394 g/mol. The van der Waals surface area contributed by atoms with Gasteiger partial charge >= 0.3 is 7.32 Å². The molecule has 4 aromatic carbocycles. The molecule has 0 aliphatic rings. The molecule has 0 bridgehead atoms. The van der Waals surface area contributed by atoms with Gasteiger partial charge in [-0.2, -0.15) is 0 Å². The maximum Gasteiger partial charge on any atom is 0.631 e. The summed E-state index contributed by atoms with van der Waals surface area (Å²) in [6.07, 6.45) is 0. The van der Waals surface area contributed by atoms with E-state index in [0.29, 0.717) is 0 Å². The Balaban J connectivity index is 0.000000589. The Morgan fingerprint density at radius 3 is 0.700 bits per heavy atom. The summed E-state index contributed by atoms with van der Waals surface area (Å²) in [7, 11) is -2.17. The highest BCUT2D eigenvalue weighted by Crippen LogP contribution is 2.36. The topological polar surface area (TPSA) is 60.7 Å². The average Bonchev–Trinajstić information content (AvgIpc) is 2.79. The second kappa shape index (κ2) is 10.9. The fourth-order valence-corrected chi connectivity index (χ4v) is 3.33. The van der Waals surface area contributed by atoms with E-state index in [1.165, 1.54) is 33.4 Å². The minimum Gasteiger partial charge on any atom is -0.402 e. The third-order valence-electron chi connectivity index (χ3n) is 4.50. The lowest BCUT2D eigenvalue weighted by Gasteiger charge is -2.18. The van der Waals surface area contributed by atoms with Crippen molar-refractivity contribution in [2.45, 2.75) is 0 Å². The molecule has 0 aliphatic carbocycles. The van der Waals surface area contributed by atoms with Gasteiger partial charge < -0.3 is 15.1 Å². The van der Waals surface area contributed by atoms with Crippen LogP contribution in [0.4, 0.5) is 0 Å². The summed E-state index contributed by atoms with van der Waals surface area (Å²) in [5.41, 5.74) is 7.40. The summed E-state index contributed by atoms with van der Waals surface area (Å²) in [5.74, 6) is 0. The zero-order valence-corrected chi connectivity index (χ0v) is 16.5. The first-order valence-corrected chi connectivity index (χ1v) is 9.67. The predicted octanol–water partition coefficient (Wildman–Crippen LogP) is 4.64. The molecule has 0 amide bonds. The summed E-state index contributed by atoms with van der Waals surface area (Å²) in [6.45, 7) is 0. The van der Waals surface area contributed by atoms with E-state index in [1.54, 1.807) is 0 Å². The molecule has 3 N–H and O–H groups in total. The van der Waals surface area contributed by atoms with Gasteiger partial charge in [-0.15, -0.1) is 0 Å². The molecule has 0 aromatic heterocycles. The first-order valence-electron chi connectivity index (χ1n) is 9.67. The van der Waals surface area contributed by atoms with Gasteiger partial charge in [-0.25, -0.2) is 0 Å². The molecule has 0 unspecified atom stereocenters. The summed E-state index contributed by atoms with van der Waals surface area (Å²) in [4.78, 5) is 0. The molecule has 0 radical (unpaired) electrons. The van der Waals surface area contributed by atoms with Crippen LogP contribution in [0.2, 0.25) is 0 Å². The molecule has 0 saturated carbocycles. The zero-order valence-electron chi connectivity index (χ0n) is 16.5. The van der Waals surface area contributed by atoms with E-state index >= 15 is 0 Å². The van der Waals surface area contributed by atoms with Crippen LogP contribution in [0.5, 0.6) is 0 Å². The molecular weight excluding hydrogens is 371 g/mol. The number of benzene rings is 4. The third kappa shape index (κ3) is 5.78. The van der Waals surface area contributed by atoms with E-state index in [1.807, 2.05) is 0 Å². The third-order valence-corrected chi connectivity index (χ3v) is 4.50. The second-order valence-corrected chi connectivity index (χ2v) is 6.56. The smallest absolute Gasteiger partial charge is 0.402 e. The van der Waals surface area contributed by atoms with Crippen molar-refractivity contribution in [1.29, 1.82) is 0 Å². The monoisotopic (exact) mass is 394 g/mol. The van der Waals surface area contributed by atoms with Gasteiger partial charge in [0, 0.05) is 0 Å². The molecule has 3 nitrogen and oxygen atoms in total. The fraction of sp³-hybridized carbons (Fsp3) is 0. The van der Waals surface area contributed by atoms with Gasteiger partial charge in [-0.3, -0.25) is 0 Å². The fourth-order valence-electron chi connectivity index (χ4n) is 3.33. The Labute approximate surface area is 177 Å². The van der Waals surface area contributed by atoms with Crippen LogP contribution in [-0.2, 0) is 0 Å². The van der Waals surface area contributed by atoms with Crippen LogP contribution < -0.4 is 0 Å². The summed E-state index contributed by atoms with van der Waals surface area (Å²) in [5, 5.41) is 21.5. The summed E-state index contributed by atoms with van der Waals surface area (Å²) < 4.78 is 0. The first kappa shape index (κ1) is 21.3. The van der Waals surface area contributed by atoms with Gasteiger partial charge in [-0.05, 0) is 33.4 Å². The van der Waals surface area contributed by atoms with Crippen LogP contribution in [0.1, 0.15) is 22.3 Å². The minimum absolute atomic E-state index is 1.22. The quantitative estimate of drug-likeness (QED) is 0.349. The van der Waals surface area contributed by atoms with Gasteiger partial charge in [0.15, 0.2) is 0 Å². The van der Waals surface area contributed by atoms with Crippen molar-refractivity contribution in [3.63, 3.8) is 0 Å². The van der Waals surface area contributed by atoms with E-state index in [-0.39, 0.29) is 0 Å². The first-order chi connectivity index (χ1) is 14.7. The predicted molar refractivity (Wildman–Crippen MR) is 123 cm³/mol. The maximum absolute atomic E-state index is 7.17. The van der Waals surface area contributed by atoms with Crippen molar-refractivity contribution in [2.24, 2.45) is 0 Å². The van der Waals surface area contributed by atoms with Gasteiger partial charge in [0.2, 0.25) is 0 Å². The standard InChI is InChI=1S/C26H20.BH3O3/c1-5-13-21(14-6-1)25(22-15-7-2-8-16-22)26(23-17-9-3-10-18-23)24-19-11-4-12-20-24;2-1(3)4/h1-20H;2-4H. The Kier molecular flexibility index (Phi) is 7.75. The molecule has 4 aromatic rings. The number of hydrogen-bond acceptors (Lipinski definition) is 3. The Morgan fingerprint density at radius 2 is 0.533 bits per heavy atom. The van der Waals surface area contributed by atoms with Gasteiger partial charge in [-0.1, -0.05) is 121 Å². The minimum atomic E-state index is -2.17. The van der Waals surface area contributed by atoms with Crippen LogP contribution in [0.25, 0.3) is 11.1 Å². The van der Waals surface area contributed by atoms with Crippen molar-refractivity contribution in [1.82, 2.24) is 0 Å². The molecule has 0 fully saturated rings. The van der Waals surface area contributed by atoms with Crippen LogP contribution in [0, 0.1) is 0 Å². The Bertz CT molecular complexity index is 878.